The van der Waals surface area contributed by atoms with Crippen molar-refractivity contribution in [1.82, 2.24) is 0 Å². The maximum atomic E-state index is 10.3. The highest BCUT2D eigenvalue weighted by molar-refractivity contribution is 6.32. The summed E-state index contributed by atoms with van der Waals surface area (Å²) in [5.74, 6) is -0.00000443. The van der Waals surface area contributed by atoms with E-state index in [1.807, 2.05) is 25.1 Å². The van der Waals surface area contributed by atoms with Gasteiger partial charge in [0.15, 0.2) is 0 Å². The lowest BCUT2D eigenvalue weighted by Crippen LogP contribution is -1.99. The van der Waals surface area contributed by atoms with Gasteiger partial charge in [0.05, 0.1) is 11.6 Å². The normalized spacial score (nSPS) is 10.3. The number of ether oxygens (including phenoxy) is 1. The Bertz CT molecular complexity index is 391. The standard InChI is InChI=1S/C14H19ClO3/c1-11-7-8-12(15)13(10-11)18-9-5-3-2-4-6-14(16)17/h7-8,10H,2-6,9H2,1H3,(H,16,17). The van der Waals surface area contributed by atoms with Crippen molar-refractivity contribution in [3.05, 3.63) is 28.8 Å². The summed E-state index contributed by atoms with van der Waals surface area (Å²) in [6.07, 6.45) is 3.82. The molecule has 1 rings (SSSR count). The maximum Gasteiger partial charge on any atom is 0.303 e. The molecule has 0 aromatic heterocycles. The van der Waals surface area contributed by atoms with Crippen molar-refractivity contribution >= 4 is 17.6 Å². The first-order valence-corrected chi connectivity index (χ1v) is 6.58. The molecule has 0 radical (unpaired) electrons. The summed E-state index contributed by atoms with van der Waals surface area (Å²) >= 11 is 6.00. The fourth-order valence-electron chi connectivity index (χ4n) is 1.64. The van der Waals surface area contributed by atoms with Gasteiger partial charge in [-0.15, -0.1) is 0 Å². The van der Waals surface area contributed by atoms with Crippen LogP contribution in [0.2, 0.25) is 5.02 Å². The molecule has 4 heteroatoms. The van der Waals surface area contributed by atoms with Gasteiger partial charge in [-0.2, -0.15) is 0 Å². The number of halogens is 1. The van der Waals surface area contributed by atoms with Crippen LogP contribution in [0.15, 0.2) is 18.2 Å². The van der Waals surface area contributed by atoms with E-state index in [-0.39, 0.29) is 6.42 Å². The minimum Gasteiger partial charge on any atom is -0.492 e. The van der Waals surface area contributed by atoms with Crippen molar-refractivity contribution in [2.24, 2.45) is 0 Å². The van der Waals surface area contributed by atoms with Gasteiger partial charge < -0.3 is 9.84 Å². The predicted molar refractivity (Wildman–Crippen MR) is 72.4 cm³/mol. The van der Waals surface area contributed by atoms with Crippen molar-refractivity contribution in [3.63, 3.8) is 0 Å². The molecular weight excluding hydrogens is 252 g/mol. The van der Waals surface area contributed by atoms with E-state index in [0.29, 0.717) is 11.6 Å². The van der Waals surface area contributed by atoms with Gasteiger partial charge in [0.25, 0.3) is 0 Å². The van der Waals surface area contributed by atoms with E-state index in [9.17, 15) is 4.79 Å². The quantitative estimate of drug-likeness (QED) is 0.725. The summed E-state index contributed by atoms with van der Waals surface area (Å²) in [4.78, 5) is 10.3. The molecule has 1 N–H and O–H groups in total. The van der Waals surface area contributed by atoms with Gasteiger partial charge in [-0.25, -0.2) is 0 Å². The molecule has 0 spiro atoms. The van der Waals surface area contributed by atoms with Crippen LogP contribution in [0.5, 0.6) is 5.75 Å². The molecule has 100 valence electrons. The molecular formula is C14H19ClO3. The van der Waals surface area contributed by atoms with Gasteiger partial charge in [-0.05, 0) is 37.5 Å². The van der Waals surface area contributed by atoms with Gasteiger partial charge in [0.1, 0.15) is 5.75 Å². The van der Waals surface area contributed by atoms with Crippen LogP contribution in [0.4, 0.5) is 0 Å². The summed E-state index contributed by atoms with van der Waals surface area (Å²) in [7, 11) is 0. The molecule has 0 aliphatic heterocycles. The van der Waals surface area contributed by atoms with Crippen LogP contribution in [-0.2, 0) is 4.79 Å². The number of carboxylic acid groups (broad SMARTS) is 1. The number of unbranched alkanes of at least 4 members (excludes halogenated alkanes) is 3. The van der Waals surface area contributed by atoms with Crippen molar-refractivity contribution in [2.75, 3.05) is 6.61 Å². The number of aryl methyl sites for hydroxylation is 1. The molecule has 0 fully saturated rings. The third-order valence-corrected chi connectivity index (χ3v) is 2.94. The van der Waals surface area contributed by atoms with E-state index >= 15 is 0 Å². The second kappa shape index (κ2) is 7.98. The Labute approximate surface area is 113 Å². The van der Waals surface area contributed by atoms with Crippen LogP contribution in [0.3, 0.4) is 0 Å². The average molecular weight is 271 g/mol. The van der Waals surface area contributed by atoms with Crippen LogP contribution in [-0.4, -0.2) is 17.7 Å². The summed E-state index contributed by atoms with van der Waals surface area (Å²) < 4.78 is 5.60. The highest BCUT2D eigenvalue weighted by Crippen LogP contribution is 2.25. The summed E-state index contributed by atoms with van der Waals surface area (Å²) in [5, 5.41) is 9.11. The maximum absolute atomic E-state index is 10.3. The van der Waals surface area contributed by atoms with Gasteiger partial charge in [-0.1, -0.05) is 30.5 Å². The second-order valence-electron chi connectivity index (χ2n) is 4.34. The second-order valence-corrected chi connectivity index (χ2v) is 4.75. The highest BCUT2D eigenvalue weighted by Gasteiger charge is 2.01. The lowest BCUT2D eigenvalue weighted by molar-refractivity contribution is -0.137. The average Bonchev–Trinajstić information content (AvgIpc) is 2.32. The molecule has 18 heavy (non-hydrogen) atoms. The fraction of sp³-hybridized carbons (Fsp3) is 0.500. The monoisotopic (exact) mass is 270 g/mol. The molecule has 0 aliphatic carbocycles. The number of carbonyl (C=O) groups is 1. The molecule has 3 nitrogen and oxygen atoms in total. The van der Waals surface area contributed by atoms with Crippen molar-refractivity contribution < 1.29 is 14.6 Å². The molecule has 0 saturated carbocycles. The Hall–Kier alpha value is -1.22. The van der Waals surface area contributed by atoms with Crippen LogP contribution >= 0.6 is 11.6 Å². The van der Waals surface area contributed by atoms with Crippen LogP contribution in [0.1, 0.15) is 37.7 Å². The molecule has 1 aromatic carbocycles. The smallest absolute Gasteiger partial charge is 0.303 e. The third kappa shape index (κ3) is 5.92. The first-order chi connectivity index (χ1) is 8.59. The van der Waals surface area contributed by atoms with Gasteiger partial charge in [0, 0.05) is 6.42 Å². The number of hydrogen-bond acceptors (Lipinski definition) is 2. The zero-order valence-electron chi connectivity index (χ0n) is 10.6. The molecule has 0 atom stereocenters. The van der Waals surface area contributed by atoms with E-state index in [4.69, 9.17) is 21.4 Å². The summed E-state index contributed by atoms with van der Waals surface area (Å²) in [6, 6.07) is 5.70. The van der Waals surface area contributed by atoms with Crippen molar-refractivity contribution in [2.45, 2.75) is 39.0 Å². The predicted octanol–water partition coefficient (Wildman–Crippen LogP) is 4.06. The minimum atomic E-state index is -0.724. The van der Waals surface area contributed by atoms with E-state index in [2.05, 4.69) is 0 Å². The SMILES string of the molecule is Cc1ccc(Cl)c(OCCCCCCC(=O)O)c1. The van der Waals surface area contributed by atoms with E-state index in [0.717, 1.165) is 37.0 Å². The third-order valence-electron chi connectivity index (χ3n) is 2.63. The van der Waals surface area contributed by atoms with Crippen LogP contribution in [0, 0.1) is 6.92 Å². The van der Waals surface area contributed by atoms with Crippen LogP contribution < -0.4 is 4.74 Å². The molecule has 0 heterocycles. The number of rotatable bonds is 8. The molecule has 0 amide bonds. The van der Waals surface area contributed by atoms with E-state index in [1.165, 1.54) is 0 Å². The minimum absolute atomic E-state index is 0.255. The first kappa shape index (κ1) is 14.8. The van der Waals surface area contributed by atoms with E-state index in [1.54, 1.807) is 0 Å². The Kier molecular flexibility index (Phi) is 6.58. The van der Waals surface area contributed by atoms with Gasteiger partial charge in [-0.3, -0.25) is 4.79 Å². The molecule has 0 unspecified atom stereocenters. The molecule has 0 bridgehead atoms. The topological polar surface area (TPSA) is 46.5 Å². The Morgan fingerprint density at radius 2 is 2.00 bits per heavy atom. The summed E-state index contributed by atoms with van der Waals surface area (Å²) in [5.41, 5.74) is 1.12. The Morgan fingerprint density at radius 3 is 2.72 bits per heavy atom. The number of aliphatic carboxylic acids is 1. The van der Waals surface area contributed by atoms with Gasteiger partial charge in [0.2, 0.25) is 0 Å². The summed E-state index contributed by atoms with van der Waals surface area (Å²) in [6.45, 7) is 2.62. The lowest BCUT2D eigenvalue weighted by atomic mass is 10.1. The van der Waals surface area contributed by atoms with E-state index < -0.39 is 5.97 Å². The Balaban J connectivity index is 2.14. The van der Waals surface area contributed by atoms with Crippen molar-refractivity contribution in [3.8, 4) is 5.75 Å². The Morgan fingerprint density at radius 1 is 1.28 bits per heavy atom. The highest BCUT2D eigenvalue weighted by atomic mass is 35.5. The molecule has 0 saturated heterocycles. The van der Waals surface area contributed by atoms with Crippen LogP contribution in [0.25, 0.3) is 0 Å². The zero-order valence-corrected chi connectivity index (χ0v) is 11.4. The largest absolute Gasteiger partial charge is 0.492 e. The molecule has 1 aromatic rings. The van der Waals surface area contributed by atoms with Crippen molar-refractivity contribution in [1.29, 1.82) is 0 Å². The molecule has 0 aliphatic rings. The fourth-order valence-corrected chi connectivity index (χ4v) is 1.81. The number of carboxylic acids is 1. The zero-order chi connectivity index (χ0) is 13.4. The van der Waals surface area contributed by atoms with Gasteiger partial charge >= 0.3 is 5.97 Å². The lowest BCUT2D eigenvalue weighted by Gasteiger charge is -2.08. The number of benzene rings is 1. The first-order valence-electron chi connectivity index (χ1n) is 6.20. The number of hydrogen-bond donors (Lipinski definition) is 1.